The molecule has 0 spiro atoms. The van der Waals surface area contributed by atoms with Crippen molar-refractivity contribution in [1.29, 1.82) is 0 Å². The normalized spacial score (nSPS) is 36.6. The van der Waals surface area contributed by atoms with Crippen LogP contribution in [-0.4, -0.2) is 120 Å². The third-order valence-corrected chi connectivity index (χ3v) is 7.52. The largest absolute Gasteiger partial charge is 0.507 e. The predicted molar refractivity (Wildman–Crippen MR) is 136 cm³/mol. The summed E-state index contributed by atoms with van der Waals surface area (Å²) in [6.45, 7) is 0.683. The van der Waals surface area contributed by atoms with Crippen molar-refractivity contribution in [1.82, 2.24) is 0 Å². The van der Waals surface area contributed by atoms with Crippen LogP contribution in [0, 0.1) is 0 Å². The Balaban J connectivity index is 1.42. The molecule has 0 aliphatic carbocycles. The molecule has 0 saturated carbocycles. The van der Waals surface area contributed by atoms with E-state index >= 15 is 0 Å². The first-order valence-corrected chi connectivity index (χ1v) is 13.1. The van der Waals surface area contributed by atoms with Gasteiger partial charge in [-0.2, -0.15) is 0 Å². The van der Waals surface area contributed by atoms with E-state index in [4.69, 9.17) is 23.7 Å². The van der Waals surface area contributed by atoms with Gasteiger partial charge in [0.05, 0.1) is 19.1 Å². The van der Waals surface area contributed by atoms with Gasteiger partial charge < -0.3 is 69.6 Å². The Bertz CT molecular complexity index is 1300. The lowest BCUT2D eigenvalue weighted by molar-refractivity contribution is -0.354. The molecular formula is C27H32O15. The molecule has 15 nitrogen and oxygen atoms in total. The van der Waals surface area contributed by atoms with Crippen molar-refractivity contribution in [3.05, 3.63) is 41.5 Å². The first-order chi connectivity index (χ1) is 19.9. The fourth-order valence-electron chi connectivity index (χ4n) is 5.12. The van der Waals surface area contributed by atoms with Crippen molar-refractivity contribution in [3.63, 3.8) is 0 Å². The highest BCUT2D eigenvalue weighted by Gasteiger charge is 2.51. The molecule has 0 aromatic heterocycles. The Morgan fingerprint density at radius 1 is 0.833 bits per heavy atom. The van der Waals surface area contributed by atoms with E-state index in [9.17, 15) is 50.8 Å². The fraction of sp³-hybridized carbons (Fsp3) is 0.519. The summed E-state index contributed by atoms with van der Waals surface area (Å²) in [7, 11) is 0. The van der Waals surface area contributed by atoms with Crippen LogP contribution >= 0.6 is 0 Å². The predicted octanol–water partition coefficient (Wildman–Crippen LogP) is -1.46. The highest BCUT2D eigenvalue weighted by Crippen LogP contribution is 2.43. The van der Waals surface area contributed by atoms with E-state index in [0.29, 0.717) is 5.56 Å². The molecule has 230 valence electrons. The second-order valence-corrected chi connectivity index (χ2v) is 10.4. The maximum Gasteiger partial charge on any atom is 0.229 e. The first-order valence-electron chi connectivity index (χ1n) is 13.1. The van der Waals surface area contributed by atoms with E-state index < -0.39 is 91.4 Å². The Kier molecular flexibility index (Phi) is 8.48. The number of fused-ring (bicyclic) bond motifs is 1. The third kappa shape index (κ3) is 5.58. The van der Waals surface area contributed by atoms with Crippen LogP contribution in [0.5, 0.6) is 28.7 Å². The number of phenolic OH excluding ortho intramolecular Hbond substituents is 3. The summed E-state index contributed by atoms with van der Waals surface area (Å²) in [6.07, 6.45) is -16.5. The minimum absolute atomic E-state index is 0.0941. The van der Waals surface area contributed by atoms with Crippen LogP contribution in [0.1, 0.15) is 35.4 Å². The number of aliphatic hydroxyl groups is 6. The molecule has 3 aliphatic heterocycles. The quantitative estimate of drug-likeness (QED) is 0.173. The van der Waals surface area contributed by atoms with Crippen LogP contribution < -0.4 is 9.47 Å². The second-order valence-electron chi connectivity index (χ2n) is 10.4. The average Bonchev–Trinajstić information content (AvgIpc) is 2.95. The van der Waals surface area contributed by atoms with Crippen LogP contribution in [0.25, 0.3) is 0 Å². The van der Waals surface area contributed by atoms with Crippen molar-refractivity contribution in [2.75, 3.05) is 6.61 Å². The number of phenols is 3. The Labute approximate surface area is 238 Å². The fourth-order valence-corrected chi connectivity index (χ4v) is 5.12. The molecule has 42 heavy (non-hydrogen) atoms. The van der Waals surface area contributed by atoms with Crippen molar-refractivity contribution >= 4 is 5.78 Å². The monoisotopic (exact) mass is 596 g/mol. The lowest BCUT2D eigenvalue weighted by atomic mass is 9.95. The highest BCUT2D eigenvalue weighted by molar-refractivity contribution is 6.02. The zero-order chi connectivity index (χ0) is 30.5. The molecule has 0 bridgehead atoms. The van der Waals surface area contributed by atoms with Gasteiger partial charge in [-0.25, -0.2) is 0 Å². The Morgan fingerprint density at radius 3 is 2.26 bits per heavy atom. The summed E-state index contributed by atoms with van der Waals surface area (Å²) in [5.74, 6) is -2.02. The van der Waals surface area contributed by atoms with Gasteiger partial charge in [-0.05, 0) is 24.6 Å². The van der Waals surface area contributed by atoms with E-state index in [1.165, 1.54) is 31.2 Å². The van der Waals surface area contributed by atoms with E-state index in [2.05, 4.69) is 0 Å². The zero-order valence-corrected chi connectivity index (χ0v) is 22.1. The number of ether oxygens (including phenoxy) is 5. The second kappa shape index (κ2) is 11.8. The standard InChI is InChI=1S/C27H32O15/c1-9-20(33)22(35)24(37)26(38-9)42-25-23(36)21(34)18(8-28)41-27(25)39-11-5-14(31)19-15(32)7-16(40-17(19)6-11)10-2-3-12(29)13(30)4-10/h2-6,9,16,18,20-31,33-37H,7-8H2,1H3/t9-,16-,18+,20-,21+,22+,23-,24+,25+,26-,27+/m1/s1. The summed E-state index contributed by atoms with van der Waals surface area (Å²) < 4.78 is 28.4. The van der Waals surface area contributed by atoms with Gasteiger partial charge in [-0.1, -0.05) is 6.07 Å². The lowest BCUT2D eigenvalue weighted by Gasteiger charge is -2.45. The number of hydrogen-bond donors (Lipinski definition) is 9. The van der Waals surface area contributed by atoms with Crippen molar-refractivity contribution < 1.29 is 74.4 Å². The van der Waals surface area contributed by atoms with Gasteiger partial charge in [0.1, 0.15) is 65.5 Å². The van der Waals surface area contributed by atoms with Crippen LogP contribution in [0.4, 0.5) is 0 Å². The number of Topliss-reactive ketones (excluding diaryl/α,β-unsaturated/α-hetero) is 1. The zero-order valence-electron chi connectivity index (χ0n) is 22.1. The summed E-state index contributed by atoms with van der Waals surface area (Å²) in [5.41, 5.74) is 0.234. The summed E-state index contributed by atoms with van der Waals surface area (Å²) >= 11 is 0. The molecule has 3 aliphatic rings. The molecule has 2 saturated heterocycles. The summed E-state index contributed by atoms with van der Waals surface area (Å²) in [4.78, 5) is 12.9. The summed E-state index contributed by atoms with van der Waals surface area (Å²) in [5, 5.41) is 91.6. The molecule has 3 heterocycles. The van der Waals surface area contributed by atoms with Gasteiger partial charge in [-0.15, -0.1) is 0 Å². The van der Waals surface area contributed by atoms with Gasteiger partial charge in [0.25, 0.3) is 0 Å². The molecule has 5 rings (SSSR count). The number of carbonyl (C=O) groups excluding carboxylic acids is 1. The minimum atomic E-state index is -1.77. The van der Waals surface area contributed by atoms with E-state index in [0.717, 1.165) is 6.07 Å². The number of rotatable bonds is 6. The lowest BCUT2D eigenvalue weighted by Crippen LogP contribution is -2.64. The Hall–Kier alpha value is -3.25. The molecule has 11 atom stereocenters. The number of benzene rings is 2. The molecule has 2 aromatic rings. The van der Waals surface area contributed by atoms with Gasteiger partial charge >= 0.3 is 0 Å². The van der Waals surface area contributed by atoms with Gasteiger partial charge in [-0.3, -0.25) is 4.79 Å². The van der Waals surface area contributed by atoms with Crippen LogP contribution in [0.2, 0.25) is 0 Å². The maximum absolute atomic E-state index is 12.9. The number of hydrogen-bond acceptors (Lipinski definition) is 15. The molecule has 2 aromatic carbocycles. The van der Waals surface area contributed by atoms with Crippen molar-refractivity contribution in [2.45, 2.75) is 80.9 Å². The number of aromatic hydroxyl groups is 3. The molecule has 9 N–H and O–H groups in total. The van der Waals surface area contributed by atoms with Crippen LogP contribution in [-0.2, 0) is 14.2 Å². The Morgan fingerprint density at radius 2 is 1.57 bits per heavy atom. The minimum Gasteiger partial charge on any atom is -0.507 e. The molecule has 2 fully saturated rings. The molecule has 0 radical (unpaired) electrons. The van der Waals surface area contributed by atoms with E-state index in [-0.39, 0.29) is 29.2 Å². The molecule has 0 unspecified atom stereocenters. The number of ketones is 1. The van der Waals surface area contributed by atoms with Gasteiger partial charge in [0.15, 0.2) is 29.7 Å². The number of carbonyl (C=O) groups is 1. The average molecular weight is 597 g/mol. The topological polar surface area (TPSA) is 245 Å². The highest BCUT2D eigenvalue weighted by atomic mass is 16.8. The number of aliphatic hydroxyl groups excluding tert-OH is 6. The maximum atomic E-state index is 12.9. The van der Waals surface area contributed by atoms with Crippen LogP contribution in [0.3, 0.4) is 0 Å². The smallest absolute Gasteiger partial charge is 0.229 e. The van der Waals surface area contributed by atoms with Crippen molar-refractivity contribution in [3.8, 4) is 28.7 Å². The molecular weight excluding hydrogens is 564 g/mol. The van der Waals surface area contributed by atoms with Crippen molar-refractivity contribution in [2.24, 2.45) is 0 Å². The molecule has 0 amide bonds. The van der Waals surface area contributed by atoms with Gasteiger partial charge in [0, 0.05) is 12.1 Å². The molecule has 15 heteroatoms. The third-order valence-electron chi connectivity index (χ3n) is 7.52. The SMILES string of the molecule is C[C@H]1O[C@H](O[C@@H]2[C@@H](Oc3cc(O)c4c(c3)O[C@@H](c3ccc(O)c(O)c3)CC4=O)O[C@@H](CO)[C@H](O)[C@H]2O)[C@@H](O)[C@@H](O)[C@@H]1O. The van der Waals surface area contributed by atoms with Gasteiger partial charge in [0.2, 0.25) is 6.29 Å². The summed E-state index contributed by atoms with van der Waals surface area (Å²) in [6, 6.07) is 6.25. The van der Waals surface area contributed by atoms with E-state index in [1.807, 2.05) is 0 Å². The van der Waals surface area contributed by atoms with Crippen LogP contribution in [0.15, 0.2) is 30.3 Å². The first kappa shape index (κ1) is 30.2. The van der Waals surface area contributed by atoms with E-state index in [1.54, 1.807) is 0 Å².